The highest BCUT2D eigenvalue weighted by molar-refractivity contribution is 5.88. The number of allylic oxidation sites excluding steroid dienone is 4. The van der Waals surface area contributed by atoms with E-state index in [2.05, 4.69) is 5.32 Å². The van der Waals surface area contributed by atoms with Crippen molar-refractivity contribution in [1.29, 1.82) is 0 Å². The quantitative estimate of drug-likeness (QED) is 0.669. The lowest BCUT2D eigenvalue weighted by atomic mass is 10.3. The molecule has 1 N–H and O–H groups in total. The van der Waals surface area contributed by atoms with Gasteiger partial charge in [0.15, 0.2) is 11.6 Å². The van der Waals surface area contributed by atoms with Crippen LogP contribution in [-0.4, -0.2) is 11.6 Å². The van der Waals surface area contributed by atoms with E-state index in [1.54, 1.807) is 13.8 Å². The van der Waals surface area contributed by atoms with Crippen LogP contribution in [0.15, 0.2) is 23.5 Å². The average Bonchev–Trinajstić information content (AvgIpc) is 1.80. The zero-order valence-corrected chi connectivity index (χ0v) is 8.47. The number of nitrogens with one attached hydrogen (secondary N) is 1. The summed E-state index contributed by atoms with van der Waals surface area (Å²) >= 11 is 0. The van der Waals surface area contributed by atoms with Gasteiger partial charge < -0.3 is 5.32 Å². The maximum absolute atomic E-state index is 10.7. The van der Waals surface area contributed by atoms with Gasteiger partial charge in [0.1, 0.15) is 0 Å². The van der Waals surface area contributed by atoms with Crippen LogP contribution >= 0.6 is 0 Å². The molecular weight excluding hydrogens is 166 g/mol. The third-order valence-electron chi connectivity index (χ3n) is 1.23. The molecule has 0 aromatic heterocycles. The Bertz CT molecular complexity index is 247. The Hall–Kier alpha value is -1.38. The minimum Gasteiger partial charge on any atom is -0.363 e. The lowest BCUT2D eigenvalue weighted by Crippen LogP contribution is -2.10. The Labute approximate surface area is 78.5 Å². The van der Waals surface area contributed by atoms with E-state index in [9.17, 15) is 9.59 Å². The van der Waals surface area contributed by atoms with E-state index in [0.717, 1.165) is 11.4 Å². The van der Waals surface area contributed by atoms with Crippen molar-refractivity contribution in [2.45, 2.75) is 27.7 Å². The lowest BCUT2D eigenvalue weighted by Gasteiger charge is -2.04. The minimum atomic E-state index is -0.0133. The molecule has 0 fully saturated rings. The second-order valence-corrected chi connectivity index (χ2v) is 3.00. The van der Waals surface area contributed by atoms with Gasteiger partial charge in [-0.25, -0.2) is 0 Å². The Balaban J connectivity index is 4.29. The molecule has 3 heteroatoms. The molecule has 0 aromatic carbocycles. The van der Waals surface area contributed by atoms with Crippen LogP contribution in [0, 0.1) is 0 Å². The summed E-state index contributed by atoms with van der Waals surface area (Å²) in [6, 6.07) is 0. The van der Waals surface area contributed by atoms with Gasteiger partial charge in [-0.05, 0) is 39.8 Å². The van der Waals surface area contributed by atoms with Crippen LogP contribution in [-0.2, 0) is 9.59 Å². The molecular formula is C10H15NO2. The fourth-order valence-corrected chi connectivity index (χ4v) is 0.993. The first-order valence-corrected chi connectivity index (χ1v) is 4.06. The van der Waals surface area contributed by atoms with E-state index in [1.165, 1.54) is 26.0 Å². The molecule has 0 saturated heterocycles. The Kier molecular flexibility index (Phi) is 4.74. The molecule has 0 bridgehead atoms. The van der Waals surface area contributed by atoms with E-state index in [1.807, 2.05) is 0 Å². The molecule has 0 aliphatic rings. The van der Waals surface area contributed by atoms with Gasteiger partial charge in [0.2, 0.25) is 0 Å². The van der Waals surface area contributed by atoms with E-state index in [4.69, 9.17) is 0 Å². The van der Waals surface area contributed by atoms with Crippen LogP contribution in [0.3, 0.4) is 0 Å². The van der Waals surface area contributed by atoms with Crippen molar-refractivity contribution >= 4 is 11.6 Å². The molecule has 0 aromatic rings. The summed E-state index contributed by atoms with van der Waals surface area (Å²) in [5, 5.41) is 2.92. The van der Waals surface area contributed by atoms with Crippen LogP contribution in [0.4, 0.5) is 0 Å². The van der Waals surface area contributed by atoms with Crippen molar-refractivity contribution in [3.05, 3.63) is 23.5 Å². The fraction of sp³-hybridized carbons (Fsp3) is 0.400. The van der Waals surface area contributed by atoms with Gasteiger partial charge in [0.25, 0.3) is 0 Å². The highest BCUT2D eigenvalue weighted by Gasteiger charge is 1.93. The van der Waals surface area contributed by atoms with Crippen molar-refractivity contribution in [3.8, 4) is 0 Å². The summed E-state index contributed by atoms with van der Waals surface area (Å²) in [6.45, 7) is 6.52. The lowest BCUT2D eigenvalue weighted by molar-refractivity contribution is -0.113. The molecule has 0 heterocycles. The van der Waals surface area contributed by atoms with E-state index >= 15 is 0 Å². The van der Waals surface area contributed by atoms with Crippen LogP contribution < -0.4 is 5.32 Å². The minimum absolute atomic E-state index is 0.0133. The van der Waals surface area contributed by atoms with Gasteiger partial charge in [-0.1, -0.05) is 0 Å². The largest absolute Gasteiger partial charge is 0.363 e. The van der Waals surface area contributed by atoms with Gasteiger partial charge in [-0.3, -0.25) is 9.59 Å². The maximum atomic E-state index is 10.7. The van der Waals surface area contributed by atoms with Gasteiger partial charge in [-0.2, -0.15) is 0 Å². The predicted octanol–water partition coefficient (Wildman–Crippen LogP) is 1.56. The van der Waals surface area contributed by atoms with Crippen molar-refractivity contribution in [2.24, 2.45) is 0 Å². The Morgan fingerprint density at radius 3 is 1.38 bits per heavy atom. The van der Waals surface area contributed by atoms with Gasteiger partial charge in [0.05, 0.1) is 0 Å². The van der Waals surface area contributed by atoms with Gasteiger partial charge in [0, 0.05) is 11.4 Å². The zero-order chi connectivity index (χ0) is 10.4. The SMILES string of the molecule is CC(=O)C=C(C)NC(C)=CC(C)=O. The molecule has 72 valence electrons. The summed E-state index contributed by atoms with van der Waals surface area (Å²) in [4.78, 5) is 21.3. The first-order valence-electron chi connectivity index (χ1n) is 4.06. The highest BCUT2D eigenvalue weighted by Crippen LogP contribution is 1.94. The summed E-state index contributed by atoms with van der Waals surface area (Å²) in [5.74, 6) is -0.0266. The van der Waals surface area contributed by atoms with Crippen LogP contribution in [0.25, 0.3) is 0 Å². The van der Waals surface area contributed by atoms with E-state index in [-0.39, 0.29) is 11.6 Å². The third kappa shape index (κ3) is 7.00. The summed E-state index contributed by atoms with van der Waals surface area (Å²) < 4.78 is 0. The molecule has 3 nitrogen and oxygen atoms in total. The average molecular weight is 181 g/mol. The molecule has 0 amide bonds. The molecule has 0 atom stereocenters. The molecule has 0 rings (SSSR count). The predicted molar refractivity (Wildman–Crippen MR) is 52.0 cm³/mol. The first-order chi connectivity index (χ1) is 5.91. The van der Waals surface area contributed by atoms with Crippen LogP contribution in [0.1, 0.15) is 27.7 Å². The fourth-order valence-electron chi connectivity index (χ4n) is 0.993. The Morgan fingerprint density at radius 1 is 0.846 bits per heavy atom. The molecule has 0 unspecified atom stereocenters. The van der Waals surface area contributed by atoms with Gasteiger partial charge in [-0.15, -0.1) is 0 Å². The number of hydrogen-bond acceptors (Lipinski definition) is 3. The van der Waals surface area contributed by atoms with E-state index in [0.29, 0.717) is 0 Å². The Morgan fingerprint density at radius 2 is 1.15 bits per heavy atom. The van der Waals surface area contributed by atoms with Crippen molar-refractivity contribution in [1.82, 2.24) is 5.32 Å². The topological polar surface area (TPSA) is 46.2 Å². The highest BCUT2D eigenvalue weighted by atomic mass is 16.1. The van der Waals surface area contributed by atoms with Crippen molar-refractivity contribution in [2.75, 3.05) is 0 Å². The second kappa shape index (κ2) is 5.30. The molecule has 0 aliphatic heterocycles. The number of rotatable bonds is 4. The molecule has 0 radical (unpaired) electrons. The third-order valence-corrected chi connectivity index (χ3v) is 1.23. The number of ketones is 2. The van der Waals surface area contributed by atoms with Gasteiger partial charge >= 0.3 is 0 Å². The second-order valence-electron chi connectivity index (χ2n) is 3.00. The monoisotopic (exact) mass is 181 g/mol. The first kappa shape index (κ1) is 11.6. The van der Waals surface area contributed by atoms with Crippen LogP contribution in [0.5, 0.6) is 0 Å². The molecule has 0 aliphatic carbocycles. The molecule has 0 spiro atoms. The zero-order valence-electron chi connectivity index (χ0n) is 8.47. The van der Waals surface area contributed by atoms with E-state index < -0.39 is 0 Å². The number of carbonyl (C=O) groups is 2. The maximum Gasteiger partial charge on any atom is 0.154 e. The number of carbonyl (C=O) groups excluding carboxylic acids is 2. The standard InChI is InChI=1S/C10H15NO2/c1-7(5-9(3)12)11-8(2)6-10(4)13/h5-6,11H,1-4H3. The van der Waals surface area contributed by atoms with Crippen molar-refractivity contribution < 1.29 is 9.59 Å². The smallest absolute Gasteiger partial charge is 0.154 e. The van der Waals surface area contributed by atoms with Crippen LogP contribution in [0.2, 0.25) is 0 Å². The van der Waals surface area contributed by atoms with Crippen molar-refractivity contribution in [3.63, 3.8) is 0 Å². The molecule has 0 saturated carbocycles. The number of hydrogen-bond donors (Lipinski definition) is 1. The summed E-state index contributed by atoms with van der Waals surface area (Å²) in [7, 11) is 0. The summed E-state index contributed by atoms with van der Waals surface area (Å²) in [5.41, 5.74) is 1.48. The molecule has 13 heavy (non-hydrogen) atoms. The summed E-state index contributed by atoms with van der Waals surface area (Å²) in [6.07, 6.45) is 2.97. The normalized spacial score (nSPS) is 12.6.